The van der Waals surface area contributed by atoms with E-state index in [1.807, 2.05) is 31.2 Å². The van der Waals surface area contributed by atoms with Crippen LogP contribution in [0.25, 0.3) is 11.5 Å². The van der Waals surface area contributed by atoms with Crippen molar-refractivity contribution in [1.82, 2.24) is 10.1 Å². The summed E-state index contributed by atoms with van der Waals surface area (Å²) in [4.78, 5) is 4.35. The number of benzene rings is 1. The second-order valence-electron chi connectivity index (χ2n) is 3.99. The van der Waals surface area contributed by atoms with Crippen molar-refractivity contribution >= 4 is 0 Å². The van der Waals surface area contributed by atoms with Crippen LogP contribution in [-0.4, -0.2) is 17.3 Å². The number of aromatic nitrogens is 2. The Morgan fingerprint density at radius 1 is 1.44 bits per heavy atom. The van der Waals surface area contributed by atoms with E-state index in [9.17, 15) is 0 Å². The molecule has 0 fully saturated rings. The van der Waals surface area contributed by atoms with E-state index in [4.69, 9.17) is 15.0 Å². The van der Waals surface area contributed by atoms with Gasteiger partial charge in [-0.05, 0) is 24.1 Å². The first-order valence-electron chi connectivity index (χ1n) is 5.94. The lowest BCUT2D eigenvalue weighted by Gasteiger charge is -2.06. The van der Waals surface area contributed by atoms with Crippen LogP contribution >= 0.6 is 0 Å². The van der Waals surface area contributed by atoms with Crippen molar-refractivity contribution < 1.29 is 9.26 Å². The summed E-state index contributed by atoms with van der Waals surface area (Å²) >= 11 is 0. The van der Waals surface area contributed by atoms with E-state index in [0.29, 0.717) is 18.3 Å². The summed E-state index contributed by atoms with van der Waals surface area (Å²) in [6.07, 6.45) is 0.679. The third-order valence-electron chi connectivity index (χ3n) is 2.79. The molecule has 2 rings (SSSR count). The lowest BCUT2D eigenvalue weighted by atomic mass is 10.1. The van der Waals surface area contributed by atoms with Gasteiger partial charge in [0.1, 0.15) is 6.10 Å². The van der Waals surface area contributed by atoms with Crippen LogP contribution in [0, 0.1) is 0 Å². The van der Waals surface area contributed by atoms with Gasteiger partial charge in [-0.2, -0.15) is 4.98 Å². The van der Waals surface area contributed by atoms with E-state index in [-0.39, 0.29) is 6.10 Å². The molecule has 1 aromatic carbocycles. The highest BCUT2D eigenvalue weighted by Crippen LogP contribution is 2.22. The quantitative estimate of drug-likeness (QED) is 0.877. The number of nitrogens with two attached hydrogens (primary N) is 1. The second-order valence-corrected chi connectivity index (χ2v) is 3.99. The molecule has 2 N–H and O–H groups in total. The SMILES string of the molecule is CCC(OC)c1noc(-c2cccc(CN)c2)n1. The Kier molecular flexibility index (Phi) is 4.07. The van der Waals surface area contributed by atoms with Gasteiger partial charge in [0.15, 0.2) is 0 Å². The zero-order chi connectivity index (χ0) is 13.0. The van der Waals surface area contributed by atoms with Gasteiger partial charge in [0.2, 0.25) is 5.82 Å². The smallest absolute Gasteiger partial charge is 0.258 e. The molecule has 0 bridgehead atoms. The predicted octanol–water partition coefficient (Wildman–Crippen LogP) is 2.29. The highest BCUT2D eigenvalue weighted by molar-refractivity contribution is 5.54. The first-order chi connectivity index (χ1) is 8.78. The fourth-order valence-electron chi connectivity index (χ4n) is 1.77. The maximum Gasteiger partial charge on any atom is 0.258 e. The number of ether oxygens (including phenoxy) is 1. The molecule has 1 heterocycles. The van der Waals surface area contributed by atoms with Crippen molar-refractivity contribution in [2.24, 2.45) is 5.73 Å². The van der Waals surface area contributed by atoms with Gasteiger partial charge >= 0.3 is 0 Å². The minimum Gasteiger partial charge on any atom is -0.373 e. The van der Waals surface area contributed by atoms with E-state index in [2.05, 4.69) is 10.1 Å². The molecule has 0 saturated carbocycles. The molecule has 1 aromatic heterocycles. The van der Waals surface area contributed by atoms with Gasteiger partial charge in [0.25, 0.3) is 5.89 Å². The molecule has 0 aliphatic heterocycles. The van der Waals surface area contributed by atoms with Crippen LogP contribution in [0.1, 0.15) is 30.8 Å². The highest BCUT2D eigenvalue weighted by Gasteiger charge is 2.16. The normalized spacial score (nSPS) is 12.6. The van der Waals surface area contributed by atoms with Gasteiger partial charge in [-0.1, -0.05) is 24.2 Å². The lowest BCUT2D eigenvalue weighted by Crippen LogP contribution is -2.01. The molecule has 0 amide bonds. The van der Waals surface area contributed by atoms with Gasteiger partial charge in [-0.3, -0.25) is 0 Å². The zero-order valence-electron chi connectivity index (χ0n) is 10.6. The Morgan fingerprint density at radius 2 is 2.28 bits per heavy atom. The fraction of sp³-hybridized carbons (Fsp3) is 0.385. The van der Waals surface area contributed by atoms with Crippen molar-refractivity contribution in [3.05, 3.63) is 35.7 Å². The van der Waals surface area contributed by atoms with Gasteiger partial charge in [-0.15, -0.1) is 0 Å². The molecule has 0 aliphatic carbocycles. The number of rotatable bonds is 5. The second kappa shape index (κ2) is 5.75. The molecule has 0 radical (unpaired) electrons. The average Bonchev–Trinajstić information content (AvgIpc) is 2.90. The predicted molar refractivity (Wildman–Crippen MR) is 67.7 cm³/mol. The van der Waals surface area contributed by atoms with Crippen LogP contribution in [0.2, 0.25) is 0 Å². The summed E-state index contributed by atoms with van der Waals surface area (Å²) in [5.41, 5.74) is 7.52. The molecule has 1 atom stereocenters. The Hall–Kier alpha value is -1.72. The molecule has 18 heavy (non-hydrogen) atoms. The summed E-state index contributed by atoms with van der Waals surface area (Å²) in [6, 6.07) is 7.76. The van der Waals surface area contributed by atoms with Gasteiger partial charge < -0.3 is 15.0 Å². The van der Waals surface area contributed by atoms with Crippen molar-refractivity contribution in [2.75, 3.05) is 7.11 Å². The van der Waals surface area contributed by atoms with Crippen LogP contribution in [0.5, 0.6) is 0 Å². The summed E-state index contributed by atoms with van der Waals surface area (Å²) in [5.74, 6) is 1.07. The molecule has 0 spiro atoms. The molecular weight excluding hydrogens is 230 g/mol. The monoisotopic (exact) mass is 247 g/mol. The van der Waals surface area contributed by atoms with Crippen molar-refractivity contribution in [3.8, 4) is 11.5 Å². The lowest BCUT2D eigenvalue weighted by molar-refractivity contribution is 0.0903. The standard InChI is InChI=1S/C13H17N3O2/c1-3-11(17-2)12-15-13(18-16-12)10-6-4-5-9(7-10)8-14/h4-7,11H,3,8,14H2,1-2H3. The Balaban J connectivity index is 2.28. The third kappa shape index (κ3) is 2.57. The third-order valence-corrected chi connectivity index (χ3v) is 2.79. The van der Waals surface area contributed by atoms with Crippen molar-refractivity contribution in [1.29, 1.82) is 0 Å². The summed E-state index contributed by atoms with van der Waals surface area (Å²) < 4.78 is 10.5. The maximum absolute atomic E-state index is 5.61. The number of hydrogen-bond acceptors (Lipinski definition) is 5. The number of hydrogen-bond donors (Lipinski definition) is 1. The molecule has 5 nitrogen and oxygen atoms in total. The topological polar surface area (TPSA) is 74.2 Å². The zero-order valence-corrected chi connectivity index (χ0v) is 10.6. The van der Waals surface area contributed by atoms with Crippen LogP contribution in [0.3, 0.4) is 0 Å². The first-order valence-corrected chi connectivity index (χ1v) is 5.94. The largest absolute Gasteiger partial charge is 0.373 e. The highest BCUT2D eigenvalue weighted by atomic mass is 16.5. The van der Waals surface area contributed by atoms with Gasteiger partial charge in [-0.25, -0.2) is 0 Å². The minimum absolute atomic E-state index is 0.125. The maximum atomic E-state index is 5.61. The molecular formula is C13H17N3O2. The molecule has 0 aliphatic rings. The first kappa shape index (κ1) is 12.7. The molecule has 2 aromatic rings. The van der Waals surface area contributed by atoms with Crippen LogP contribution in [0.15, 0.2) is 28.8 Å². The average molecular weight is 247 g/mol. The molecule has 1 unspecified atom stereocenters. The van der Waals surface area contributed by atoms with E-state index in [0.717, 1.165) is 17.5 Å². The summed E-state index contributed by atoms with van der Waals surface area (Å²) in [7, 11) is 1.64. The van der Waals surface area contributed by atoms with Crippen LogP contribution in [0.4, 0.5) is 0 Å². The van der Waals surface area contributed by atoms with Crippen molar-refractivity contribution in [3.63, 3.8) is 0 Å². The van der Waals surface area contributed by atoms with E-state index >= 15 is 0 Å². The molecule has 5 heteroatoms. The molecule has 0 saturated heterocycles. The Labute approximate surface area is 106 Å². The van der Waals surface area contributed by atoms with Crippen LogP contribution in [-0.2, 0) is 11.3 Å². The van der Waals surface area contributed by atoms with Gasteiger partial charge in [0, 0.05) is 19.2 Å². The van der Waals surface area contributed by atoms with Crippen LogP contribution < -0.4 is 5.73 Å². The van der Waals surface area contributed by atoms with E-state index < -0.39 is 0 Å². The number of nitrogens with zero attached hydrogens (tertiary/aromatic N) is 2. The molecule has 96 valence electrons. The summed E-state index contributed by atoms with van der Waals surface area (Å²) in [5, 5.41) is 3.95. The number of methoxy groups -OCH3 is 1. The minimum atomic E-state index is -0.125. The van der Waals surface area contributed by atoms with E-state index in [1.165, 1.54) is 0 Å². The van der Waals surface area contributed by atoms with E-state index in [1.54, 1.807) is 7.11 Å². The summed E-state index contributed by atoms with van der Waals surface area (Å²) in [6.45, 7) is 2.50. The van der Waals surface area contributed by atoms with Gasteiger partial charge in [0.05, 0.1) is 0 Å². The van der Waals surface area contributed by atoms with Crippen molar-refractivity contribution in [2.45, 2.75) is 26.0 Å². The fourth-order valence-corrected chi connectivity index (χ4v) is 1.77. The Morgan fingerprint density at radius 3 is 2.94 bits per heavy atom. The Bertz CT molecular complexity index is 506.